The van der Waals surface area contributed by atoms with Crippen LogP contribution in [0.15, 0.2) is 18.2 Å². The van der Waals surface area contributed by atoms with Crippen molar-refractivity contribution in [3.8, 4) is 0 Å². The van der Waals surface area contributed by atoms with E-state index < -0.39 is 4.92 Å². The summed E-state index contributed by atoms with van der Waals surface area (Å²) in [6.07, 6.45) is 7.55. The molecular formula is C15H23ClN2O2. The van der Waals surface area contributed by atoms with E-state index in [-0.39, 0.29) is 5.69 Å². The normalized spacial score (nSPS) is 10.7. The molecule has 112 valence electrons. The minimum Gasteiger partial charge on any atom is -0.313 e. The largest absolute Gasteiger partial charge is 0.313 e. The number of unbranched alkanes of at least 4 members (excludes halogenated alkanes) is 5. The summed E-state index contributed by atoms with van der Waals surface area (Å²) in [5.41, 5.74) is 0.873. The van der Waals surface area contributed by atoms with Crippen LogP contribution >= 0.6 is 11.6 Å². The first-order chi connectivity index (χ1) is 9.65. The Bertz CT molecular complexity index is 424. The number of nitro benzene ring substituents is 1. The smallest absolute Gasteiger partial charge is 0.269 e. The minimum absolute atomic E-state index is 0.0887. The second-order valence-corrected chi connectivity index (χ2v) is 5.38. The quantitative estimate of drug-likeness (QED) is 0.387. The monoisotopic (exact) mass is 298 g/mol. The van der Waals surface area contributed by atoms with Gasteiger partial charge in [0.05, 0.1) is 4.92 Å². The van der Waals surface area contributed by atoms with Gasteiger partial charge >= 0.3 is 0 Å². The fourth-order valence-electron chi connectivity index (χ4n) is 2.06. The summed E-state index contributed by atoms with van der Waals surface area (Å²) < 4.78 is 0. The van der Waals surface area contributed by atoms with Crippen molar-refractivity contribution in [1.29, 1.82) is 0 Å². The summed E-state index contributed by atoms with van der Waals surface area (Å²) in [5.74, 6) is 0. The molecule has 0 saturated carbocycles. The lowest BCUT2D eigenvalue weighted by Crippen LogP contribution is -2.15. The zero-order valence-corrected chi connectivity index (χ0v) is 12.8. The van der Waals surface area contributed by atoms with Crippen LogP contribution in [-0.4, -0.2) is 11.5 Å². The maximum atomic E-state index is 10.7. The number of hydrogen-bond acceptors (Lipinski definition) is 3. The summed E-state index contributed by atoms with van der Waals surface area (Å²) in [6.45, 7) is 3.71. The number of rotatable bonds is 10. The fraction of sp³-hybridized carbons (Fsp3) is 0.600. The van der Waals surface area contributed by atoms with Gasteiger partial charge < -0.3 is 5.32 Å². The molecule has 0 aliphatic rings. The van der Waals surface area contributed by atoms with E-state index in [1.165, 1.54) is 44.2 Å². The summed E-state index contributed by atoms with van der Waals surface area (Å²) in [6, 6.07) is 4.55. The molecule has 0 fully saturated rings. The van der Waals surface area contributed by atoms with Gasteiger partial charge in [0.15, 0.2) is 0 Å². The Hall–Kier alpha value is -1.13. The Kier molecular flexibility index (Phi) is 8.23. The highest BCUT2D eigenvalue weighted by Gasteiger charge is 2.09. The van der Waals surface area contributed by atoms with Crippen LogP contribution in [0.25, 0.3) is 0 Å². The first kappa shape index (κ1) is 16.9. The second-order valence-electron chi connectivity index (χ2n) is 4.98. The predicted molar refractivity (Wildman–Crippen MR) is 83.2 cm³/mol. The molecule has 0 spiro atoms. The van der Waals surface area contributed by atoms with E-state index >= 15 is 0 Å². The number of nitrogens with zero attached hydrogens (tertiary/aromatic N) is 1. The molecule has 20 heavy (non-hydrogen) atoms. The summed E-state index contributed by atoms with van der Waals surface area (Å²) in [5, 5.41) is 14.6. The lowest BCUT2D eigenvalue weighted by atomic mass is 10.1. The van der Waals surface area contributed by atoms with Gasteiger partial charge in [0, 0.05) is 23.7 Å². The lowest BCUT2D eigenvalue weighted by molar-refractivity contribution is -0.384. The molecule has 0 aliphatic carbocycles. The summed E-state index contributed by atoms with van der Waals surface area (Å²) >= 11 is 6.04. The van der Waals surface area contributed by atoms with E-state index in [4.69, 9.17) is 11.6 Å². The van der Waals surface area contributed by atoms with Gasteiger partial charge in [-0.3, -0.25) is 10.1 Å². The van der Waals surface area contributed by atoms with Gasteiger partial charge in [-0.2, -0.15) is 0 Å². The molecule has 1 aromatic rings. The van der Waals surface area contributed by atoms with Gasteiger partial charge in [-0.15, -0.1) is 0 Å². The highest BCUT2D eigenvalue weighted by Crippen LogP contribution is 2.21. The molecule has 0 amide bonds. The zero-order valence-electron chi connectivity index (χ0n) is 12.0. The lowest BCUT2D eigenvalue weighted by Gasteiger charge is -2.07. The Balaban J connectivity index is 2.24. The average molecular weight is 299 g/mol. The standard InChI is InChI=1S/C15H23ClN2O2/c1-2-3-4-5-6-7-10-17-12-13-11-14(18(19)20)8-9-15(13)16/h8-9,11,17H,2-7,10,12H2,1H3. The van der Waals surface area contributed by atoms with E-state index in [1.807, 2.05) is 0 Å². The molecule has 1 aromatic carbocycles. The Morgan fingerprint density at radius 3 is 2.60 bits per heavy atom. The van der Waals surface area contributed by atoms with Gasteiger partial charge in [-0.05, 0) is 24.6 Å². The van der Waals surface area contributed by atoms with Crippen LogP contribution < -0.4 is 5.32 Å². The third-order valence-corrected chi connectivity index (χ3v) is 3.63. The van der Waals surface area contributed by atoms with Crippen LogP contribution in [0.3, 0.4) is 0 Å². The maximum Gasteiger partial charge on any atom is 0.269 e. The van der Waals surface area contributed by atoms with Crippen LogP contribution in [0.4, 0.5) is 5.69 Å². The van der Waals surface area contributed by atoms with E-state index in [0.717, 1.165) is 18.5 Å². The van der Waals surface area contributed by atoms with Crippen molar-refractivity contribution in [3.63, 3.8) is 0 Å². The molecule has 0 saturated heterocycles. The SMILES string of the molecule is CCCCCCCCNCc1cc([N+](=O)[O-])ccc1Cl. The molecule has 4 nitrogen and oxygen atoms in total. The van der Waals surface area contributed by atoms with Crippen molar-refractivity contribution < 1.29 is 4.92 Å². The molecule has 0 aliphatic heterocycles. The maximum absolute atomic E-state index is 10.7. The van der Waals surface area contributed by atoms with Crippen molar-refractivity contribution in [2.75, 3.05) is 6.54 Å². The van der Waals surface area contributed by atoms with Crippen LogP contribution in [0.5, 0.6) is 0 Å². The zero-order chi connectivity index (χ0) is 14.8. The molecule has 1 N–H and O–H groups in total. The van der Waals surface area contributed by atoms with Crippen molar-refractivity contribution >= 4 is 17.3 Å². The van der Waals surface area contributed by atoms with Crippen molar-refractivity contribution in [1.82, 2.24) is 5.32 Å². The molecule has 0 atom stereocenters. The first-order valence-corrected chi connectivity index (χ1v) is 7.66. The van der Waals surface area contributed by atoms with E-state index in [1.54, 1.807) is 6.07 Å². The fourth-order valence-corrected chi connectivity index (χ4v) is 2.25. The highest BCUT2D eigenvalue weighted by atomic mass is 35.5. The predicted octanol–water partition coefficient (Wildman–Crippen LogP) is 4.70. The van der Waals surface area contributed by atoms with Crippen LogP contribution in [-0.2, 0) is 6.54 Å². The molecular weight excluding hydrogens is 276 g/mol. The van der Waals surface area contributed by atoms with Gasteiger partial charge in [-0.25, -0.2) is 0 Å². The first-order valence-electron chi connectivity index (χ1n) is 7.28. The van der Waals surface area contributed by atoms with Crippen LogP contribution in [0.1, 0.15) is 51.0 Å². The van der Waals surface area contributed by atoms with Gasteiger partial charge in [0.2, 0.25) is 0 Å². The molecule has 0 unspecified atom stereocenters. The third kappa shape index (κ3) is 6.35. The van der Waals surface area contributed by atoms with Crippen LogP contribution in [0.2, 0.25) is 5.02 Å². The number of hydrogen-bond donors (Lipinski definition) is 1. The van der Waals surface area contributed by atoms with Crippen molar-refractivity contribution in [2.45, 2.75) is 52.0 Å². The summed E-state index contributed by atoms with van der Waals surface area (Å²) in [7, 11) is 0. The molecule has 0 aromatic heterocycles. The number of nitro groups is 1. The van der Waals surface area contributed by atoms with E-state index in [0.29, 0.717) is 11.6 Å². The van der Waals surface area contributed by atoms with E-state index in [2.05, 4.69) is 12.2 Å². The molecule has 0 bridgehead atoms. The number of non-ortho nitro benzene ring substituents is 1. The van der Waals surface area contributed by atoms with Gasteiger partial charge in [0.25, 0.3) is 5.69 Å². The highest BCUT2D eigenvalue weighted by molar-refractivity contribution is 6.31. The molecule has 1 rings (SSSR count). The topological polar surface area (TPSA) is 55.2 Å². The average Bonchev–Trinajstić information content (AvgIpc) is 2.43. The number of benzene rings is 1. The van der Waals surface area contributed by atoms with Crippen molar-refractivity contribution in [2.24, 2.45) is 0 Å². The van der Waals surface area contributed by atoms with Crippen molar-refractivity contribution in [3.05, 3.63) is 38.9 Å². The molecule has 5 heteroatoms. The Morgan fingerprint density at radius 1 is 1.20 bits per heavy atom. The Labute approximate surface area is 125 Å². The Morgan fingerprint density at radius 2 is 1.90 bits per heavy atom. The van der Waals surface area contributed by atoms with E-state index in [9.17, 15) is 10.1 Å². The number of halogens is 1. The van der Waals surface area contributed by atoms with Crippen LogP contribution in [0, 0.1) is 10.1 Å². The second kappa shape index (κ2) is 9.72. The van der Waals surface area contributed by atoms with Gasteiger partial charge in [-0.1, -0.05) is 50.6 Å². The minimum atomic E-state index is -0.395. The third-order valence-electron chi connectivity index (χ3n) is 3.26. The molecule has 0 heterocycles. The van der Waals surface area contributed by atoms with Gasteiger partial charge in [0.1, 0.15) is 0 Å². The summed E-state index contributed by atoms with van der Waals surface area (Å²) in [4.78, 5) is 10.3. The molecule has 0 radical (unpaired) electrons. The number of nitrogens with one attached hydrogen (secondary N) is 1.